The van der Waals surface area contributed by atoms with Crippen LogP contribution in [0.2, 0.25) is 0 Å². The predicted molar refractivity (Wildman–Crippen MR) is 105 cm³/mol. The Labute approximate surface area is 159 Å². The summed E-state index contributed by atoms with van der Waals surface area (Å²) in [6, 6.07) is 0. The minimum atomic E-state index is -0.711. The van der Waals surface area contributed by atoms with Crippen LogP contribution in [-0.4, -0.2) is 24.6 Å². The Bertz CT molecular complexity index is 451. The van der Waals surface area contributed by atoms with Crippen molar-refractivity contribution in [3.63, 3.8) is 0 Å². The molecule has 26 heavy (non-hydrogen) atoms. The number of unbranched alkanes of at least 4 members (excludes halogenated alkanes) is 4. The lowest BCUT2D eigenvalue weighted by atomic mass is 10.0. The van der Waals surface area contributed by atoms with E-state index < -0.39 is 17.9 Å². The van der Waals surface area contributed by atoms with E-state index in [0.717, 1.165) is 32.1 Å². The molecule has 0 amide bonds. The third-order valence-electron chi connectivity index (χ3n) is 5.05. The van der Waals surface area contributed by atoms with E-state index in [-0.39, 0.29) is 6.10 Å². The lowest BCUT2D eigenvalue weighted by Crippen LogP contribution is -2.22. The molecule has 0 aromatic carbocycles. The average Bonchev–Trinajstić information content (AvgIpc) is 2.95. The van der Waals surface area contributed by atoms with Gasteiger partial charge in [0, 0.05) is 6.42 Å². The van der Waals surface area contributed by atoms with Gasteiger partial charge in [0.2, 0.25) is 0 Å². The van der Waals surface area contributed by atoms with E-state index in [0.29, 0.717) is 18.9 Å². The summed E-state index contributed by atoms with van der Waals surface area (Å²) in [6.45, 7) is 8.96. The minimum absolute atomic E-state index is 0.107. The lowest BCUT2D eigenvalue weighted by Gasteiger charge is -2.12. The number of allylic oxidation sites excluding steroid dienone is 2. The monoisotopic (exact) mass is 366 g/mol. The molecule has 1 aliphatic heterocycles. The van der Waals surface area contributed by atoms with Crippen LogP contribution in [0.3, 0.4) is 0 Å². The normalized spacial score (nSPS) is 20.5. The third-order valence-corrected chi connectivity index (χ3v) is 5.05. The molecule has 1 saturated heterocycles. The first-order chi connectivity index (χ1) is 12.4. The Hall–Kier alpha value is -1.32. The highest BCUT2D eigenvalue weighted by molar-refractivity contribution is 5.96. The molecule has 0 N–H and O–H groups in total. The van der Waals surface area contributed by atoms with E-state index in [1.54, 1.807) is 0 Å². The lowest BCUT2D eigenvalue weighted by molar-refractivity contribution is -0.156. The number of esters is 2. The SMILES string of the molecule is CCCCCCCC1CC(C(=O)OCCC(C)CCC=C(C)C)C(=O)O1. The molecular weight excluding hydrogens is 328 g/mol. The van der Waals surface area contributed by atoms with Gasteiger partial charge in [0.05, 0.1) is 6.61 Å². The van der Waals surface area contributed by atoms with Crippen molar-refractivity contribution in [2.75, 3.05) is 6.61 Å². The van der Waals surface area contributed by atoms with Crippen LogP contribution in [0.1, 0.15) is 91.9 Å². The van der Waals surface area contributed by atoms with Crippen LogP contribution >= 0.6 is 0 Å². The van der Waals surface area contributed by atoms with Gasteiger partial charge in [-0.05, 0) is 51.9 Å². The maximum absolute atomic E-state index is 12.2. The fourth-order valence-electron chi connectivity index (χ4n) is 3.26. The van der Waals surface area contributed by atoms with Crippen molar-refractivity contribution < 1.29 is 19.1 Å². The average molecular weight is 367 g/mol. The van der Waals surface area contributed by atoms with Gasteiger partial charge >= 0.3 is 11.9 Å². The van der Waals surface area contributed by atoms with Crippen LogP contribution in [0.25, 0.3) is 0 Å². The van der Waals surface area contributed by atoms with Gasteiger partial charge in [0.1, 0.15) is 6.10 Å². The molecule has 0 aromatic rings. The molecular formula is C22H38O4. The second-order valence-electron chi connectivity index (χ2n) is 7.97. The number of hydrogen-bond donors (Lipinski definition) is 0. The Morgan fingerprint density at radius 3 is 2.65 bits per heavy atom. The largest absolute Gasteiger partial charge is 0.465 e. The Morgan fingerprint density at radius 2 is 1.96 bits per heavy atom. The molecule has 1 rings (SSSR count). The zero-order valence-electron chi connectivity index (χ0n) is 17.2. The molecule has 0 aliphatic carbocycles. The summed E-state index contributed by atoms with van der Waals surface area (Å²) in [5, 5.41) is 0. The standard InChI is InChI=1S/C22H38O4/c1-5-6-7-8-9-13-19-16-20(22(24)26-19)21(23)25-15-14-18(4)12-10-11-17(2)3/h11,18-20H,5-10,12-16H2,1-4H3. The van der Waals surface area contributed by atoms with Crippen LogP contribution in [0.4, 0.5) is 0 Å². The van der Waals surface area contributed by atoms with Gasteiger partial charge in [0.15, 0.2) is 5.92 Å². The molecule has 3 atom stereocenters. The fourth-order valence-corrected chi connectivity index (χ4v) is 3.26. The van der Waals surface area contributed by atoms with Crippen molar-refractivity contribution in [2.24, 2.45) is 11.8 Å². The smallest absolute Gasteiger partial charge is 0.320 e. The molecule has 0 aromatic heterocycles. The summed E-state index contributed by atoms with van der Waals surface area (Å²) in [5.41, 5.74) is 1.34. The van der Waals surface area contributed by atoms with Gasteiger partial charge < -0.3 is 9.47 Å². The van der Waals surface area contributed by atoms with E-state index in [4.69, 9.17) is 9.47 Å². The van der Waals surface area contributed by atoms with Gasteiger partial charge in [0.25, 0.3) is 0 Å². The molecule has 0 spiro atoms. The molecule has 0 saturated carbocycles. The number of cyclic esters (lactones) is 1. The van der Waals surface area contributed by atoms with Crippen LogP contribution < -0.4 is 0 Å². The third kappa shape index (κ3) is 9.40. The highest BCUT2D eigenvalue weighted by Crippen LogP contribution is 2.26. The molecule has 0 radical (unpaired) electrons. The fraction of sp³-hybridized carbons (Fsp3) is 0.818. The molecule has 3 unspecified atom stereocenters. The number of carbonyl (C=O) groups is 2. The maximum Gasteiger partial charge on any atom is 0.320 e. The summed E-state index contributed by atoms with van der Waals surface area (Å²) >= 11 is 0. The number of rotatable bonds is 13. The molecule has 1 aliphatic rings. The molecule has 1 heterocycles. The molecule has 0 bridgehead atoms. The second-order valence-corrected chi connectivity index (χ2v) is 7.97. The summed E-state index contributed by atoms with van der Waals surface area (Å²) < 4.78 is 10.7. The number of ether oxygens (including phenoxy) is 2. The van der Waals surface area contributed by atoms with Gasteiger partial charge in [-0.1, -0.05) is 51.2 Å². The van der Waals surface area contributed by atoms with Crippen molar-refractivity contribution >= 4 is 11.9 Å². The topological polar surface area (TPSA) is 52.6 Å². The van der Waals surface area contributed by atoms with E-state index in [2.05, 4.69) is 33.8 Å². The Balaban J connectivity index is 2.19. The Morgan fingerprint density at radius 1 is 1.23 bits per heavy atom. The summed E-state index contributed by atoms with van der Waals surface area (Å²) in [7, 11) is 0. The second kappa shape index (κ2) is 12.9. The predicted octanol–water partition coefficient (Wildman–Crippen LogP) is 5.59. The van der Waals surface area contributed by atoms with Crippen molar-refractivity contribution in [1.29, 1.82) is 0 Å². The van der Waals surface area contributed by atoms with Crippen LogP contribution in [-0.2, 0) is 19.1 Å². The van der Waals surface area contributed by atoms with Crippen molar-refractivity contribution in [1.82, 2.24) is 0 Å². The summed E-state index contributed by atoms with van der Waals surface area (Å²) in [4.78, 5) is 24.1. The molecule has 4 nitrogen and oxygen atoms in total. The van der Waals surface area contributed by atoms with E-state index in [9.17, 15) is 9.59 Å². The molecule has 1 fully saturated rings. The van der Waals surface area contributed by atoms with E-state index in [1.807, 2.05) is 0 Å². The van der Waals surface area contributed by atoms with Gasteiger partial charge in [-0.25, -0.2) is 0 Å². The molecule has 150 valence electrons. The van der Waals surface area contributed by atoms with Crippen LogP contribution in [0, 0.1) is 11.8 Å². The summed E-state index contributed by atoms with van der Waals surface area (Å²) in [6.07, 6.45) is 12.4. The Kier molecular flexibility index (Phi) is 11.3. The van der Waals surface area contributed by atoms with Crippen LogP contribution in [0.5, 0.6) is 0 Å². The highest BCUT2D eigenvalue weighted by Gasteiger charge is 2.40. The van der Waals surface area contributed by atoms with Crippen LogP contribution in [0.15, 0.2) is 11.6 Å². The van der Waals surface area contributed by atoms with Gasteiger partial charge in [-0.15, -0.1) is 0 Å². The molecule has 4 heteroatoms. The first kappa shape index (κ1) is 22.7. The number of hydrogen-bond acceptors (Lipinski definition) is 4. The minimum Gasteiger partial charge on any atom is -0.465 e. The van der Waals surface area contributed by atoms with E-state index >= 15 is 0 Å². The maximum atomic E-state index is 12.2. The zero-order valence-corrected chi connectivity index (χ0v) is 17.2. The van der Waals surface area contributed by atoms with E-state index in [1.165, 1.54) is 31.3 Å². The summed E-state index contributed by atoms with van der Waals surface area (Å²) in [5.74, 6) is -1.01. The van der Waals surface area contributed by atoms with Crippen molar-refractivity contribution in [3.05, 3.63) is 11.6 Å². The first-order valence-corrected chi connectivity index (χ1v) is 10.4. The highest BCUT2D eigenvalue weighted by atomic mass is 16.6. The van der Waals surface area contributed by atoms with Crippen molar-refractivity contribution in [3.8, 4) is 0 Å². The van der Waals surface area contributed by atoms with Gasteiger partial charge in [-0.3, -0.25) is 9.59 Å². The first-order valence-electron chi connectivity index (χ1n) is 10.4. The number of carbonyl (C=O) groups excluding carboxylic acids is 2. The zero-order chi connectivity index (χ0) is 19.4. The van der Waals surface area contributed by atoms with Gasteiger partial charge in [-0.2, -0.15) is 0 Å². The van der Waals surface area contributed by atoms with Crippen molar-refractivity contribution in [2.45, 2.75) is 98.0 Å². The quantitative estimate of drug-likeness (QED) is 0.184.